The second-order valence-electron chi connectivity index (χ2n) is 6.44. The molecule has 0 spiro atoms. The van der Waals surface area contributed by atoms with E-state index in [1.54, 1.807) is 6.92 Å². The fourth-order valence-corrected chi connectivity index (χ4v) is 4.23. The molecule has 5 unspecified atom stereocenters. The molecule has 1 saturated heterocycles. The van der Waals surface area contributed by atoms with Crippen molar-refractivity contribution < 1.29 is 42.9 Å². The highest BCUT2D eigenvalue weighted by Crippen LogP contribution is 2.35. The summed E-state index contributed by atoms with van der Waals surface area (Å²) in [5.41, 5.74) is -0.873. The van der Waals surface area contributed by atoms with Crippen LogP contribution in [0.4, 0.5) is 0 Å². The predicted octanol–water partition coefficient (Wildman–Crippen LogP) is 0.702. The Morgan fingerprint density at radius 3 is 1.97 bits per heavy atom. The van der Waals surface area contributed by atoms with Gasteiger partial charge in [0.15, 0.2) is 11.5 Å². The monoisotopic (exact) mass is 433 g/mol. The molecule has 164 valence electrons. The minimum atomic E-state index is -0.984. The van der Waals surface area contributed by atoms with Gasteiger partial charge in [-0.2, -0.15) is 0 Å². The summed E-state index contributed by atoms with van der Waals surface area (Å²) >= 11 is 1.06. The molecule has 5 atom stereocenters. The first-order valence-electron chi connectivity index (χ1n) is 9.13. The van der Waals surface area contributed by atoms with Crippen LogP contribution < -0.4 is 5.32 Å². The molecule has 0 radical (unpaired) electrons. The van der Waals surface area contributed by atoms with Gasteiger partial charge in [-0.3, -0.25) is 24.0 Å². The smallest absolute Gasteiger partial charge is 0.303 e. The molecule has 0 aromatic rings. The van der Waals surface area contributed by atoms with Crippen molar-refractivity contribution in [3.05, 3.63) is 0 Å². The van der Waals surface area contributed by atoms with Crippen molar-refractivity contribution in [2.24, 2.45) is 0 Å². The molecule has 0 saturated carbocycles. The number of hydrogen-bond donors (Lipinski definition) is 1. The summed E-state index contributed by atoms with van der Waals surface area (Å²) in [4.78, 5) is 58.2. The molecule has 0 bridgehead atoms. The van der Waals surface area contributed by atoms with Crippen LogP contribution in [0.5, 0.6) is 0 Å². The zero-order valence-corrected chi connectivity index (χ0v) is 17.9. The van der Waals surface area contributed by atoms with E-state index < -0.39 is 52.8 Å². The van der Waals surface area contributed by atoms with Gasteiger partial charge in [0.25, 0.3) is 0 Å². The van der Waals surface area contributed by atoms with Crippen molar-refractivity contribution in [3.63, 3.8) is 0 Å². The lowest BCUT2D eigenvalue weighted by atomic mass is 10.0. The maximum Gasteiger partial charge on any atom is 0.303 e. The molecule has 29 heavy (non-hydrogen) atoms. The van der Waals surface area contributed by atoms with Crippen LogP contribution in [0.1, 0.15) is 47.5 Å². The summed E-state index contributed by atoms with van der Waals surface area (Å²) in [7, 11) is 0. The van der Waals surface area contributed by atoms with E-state index in [9.17, 15) is 24.0 Å². The fraction of sp³-hybridized carbons (Fsp3) is 0.722. The highest BCUT2D eigenvalue weighted by molar-refractivity contribution is 8.00. The molecule has 0 aromatic carbocycles. The van der Waals surface area contributed by atoms with E-state index in [4.69, 9.17) is 18.9 Å². The molecule has 0 aliphatic carbocycles. The standard InChI is InChI=1S/C18H27NO9S/c1-6-16(24)19-13-7-14(26-10(3)21)17(27-11(4)22)15(8-25-9(2)20)29-18(13)28-12(5)23/h13-15,17-18H,6-8H2,1-5H3,(H,19,24). The Morgan fingerprint density at radius 2 is 1.48 bits per heavy atom. The Labute approximate surface area is 173 Å². The van der Waals surface area contributed by atoms with E-state index in [-0.39, 0.29) is 25.4 Å². The molecule has 1 fully saturated rings. The van der Waals surface area contributed by atoms with Gasteiger partial charge in [-0.05, 0) is 0 Å². The summed E-state index contributed by atoms with van der Waals surface area (Å²) in [5, 5.41) is 2.04. The van der Waals surface area contributed by atoms with E-state index in [0.29, 0.717) is 0 Å². The highest BCUT2D eigenvalue weighted by Gasteiger charge is 2.45. The second-order valence-corrected chi connectivity index (χ2v) is 7.78. The molecule has 1 rings (SSSR count). The first-order chi connectivity index (χ1) is 13.5. The number of carbonyl (C=O) groups excluding carboxylic acids is 5. The summed E-state index contributed by atoms with van der Waals surface area (Å²) in [5.74, 6) is -2.67. The minimum Gasteiger partial charge on any atom is -0.465 e. The van der Waals surface area contributed by atoms with Crippen LogP contribution in [-0.4, -0.2) is 65.3 Å². The van der Waals surface area contributed by atoms with Crippen molar-refractivity contribution in [1.82, 2.24) is 5.32 Å². The number of ether oxygens (including phenoxy) is 4. The van der Waals surface area contributed by atoms with Crippen molar-refractivity contribution in [3.8, 4) is 0 Å². The Kier molecular flexibility index (Phi) is 9.93. The van der Waals surface area contributed by atoms with Gasteiger partial charge in [-0.1, -0.05) is 6.92 Å². The van der Waals surface area contributed by atoms with E-state index in [0.717, 1.165) is 11.8 Å². The van der Waals surface area contributed by atoms with E-state index in [1.165, 1.54) is 27.7 Å². The van der Waals surface area contributed by atoms with Gasteiger partial charge < -0.3 is 24.3 Å². The molecule has 1 aliphatic heterocycles. The molecule has 11 heteroatoms. The summed E-state index contributed by atoms with van der Waals surface area (Å²) in [6.07, 6.45) is -1.71. The van der Waals surface area contributed by atoms with Crippen molar-refractivity contribution in [2.75, 3.05) is 6.61 Å². The lowest BCUT2D eigenvalue weighted by Gasteiger charge is -2.29. The number of amides is 1. The lowest BCUT2D eigenvalue weighted by molar-refractivity contribution is -0.167. The van der Waals surface area contributed by atoms with Gasteiger partial charge in [-0.15, -0.1) is 11.8 Å². The maximum atomic E-state index is 12.0. The fourth-order valence-electron chi connectivity index (χ4n) is 2.79. The van der Waals surface area contributed by atoms with Crippen LogP contribution in [0.15, 0.2) is 0 Å². The zero-order valence-electron chi connectivity index (χ0n) is 17.1. The molecule has 1 amide bonds. The van der Waals surface area contributed by atoms with Crippen molar-refractivity contribution in [1.29, 1.82) is 0 Å². The van der Waals surface area contributed by atoms with Gasteiger partial charge >= 0.3 is 23.9 Å². The molecule has 1 heterocycles. The number of esters is 4. The first kappa shape index (κ1) is 24.7. The Hall–Kier alpha value is -2.30. The van der Waals surface area contributed by atoms with Crippen LogP contribution in [0, 0.1) is 0 Å². The highest BCUT2D eigenvalue weighted by atomic mass is 32.2. The average Bonchev–Trinajstić information content (AvgIpc) is 2.70. The van der Waals surface area contributed by atoms with Crippen LogP contribution in [0.25, 0.3) is 0 Å². The Balaban J connectivity index is 3.32. The third-order valence-electron chi connectivity index (χ3n) is 3.88. The van der Waals surface area contributed by atoms with E-state index in [2.05, 4.69) is 5.32 Å². The summed E-state index contributed by atoms with van der Waals surface area (Å²) < 4.78 is 21.2. The first-order valence-corrected chi connectivity index (χ1v) is 10.1. The van der Waals surface area contributed by atoms with Crippen LogP contribution in [0.2, 0.25) is 0 Å². The average molecular weight is 433 g/mol. The predicted molar refractivity (Wildman–Crippen MR) is 102 cm³/mol. The molecule has 0 aromatic heterocycles. The van der Waals surface area contributed by atoms with Gasteiger partial charge in [0.05, 0.1) is 11.3 Å². The van der Waals surface area contributed by atoms with E-state index in [1.807, 2.05) is 0 Å². The number of thioether (sulfide) groups is 1. The largest absolute Gasteiger partial charge is 0.465 e. The van der Waals surface area contributed by atoms with Crippen molar-refractivity contribution >= 4 is 41.5 Å². The molecule has 1 aliphatic rings. The normalized spacial score (nSPS) is 26.4. The van der Waals surface area contributed by atoms with Crippen LogP contribution in [0.3, 0.4) is 0 Å². The Bertz CT molecular complexity index is 639. The minimum absolute atomic E-state index is 0.0325. The molecular formula is C18H27NO9S. The third kappa shape index (κ3) is 8.71. The van der Waals surface area contributed by atoms with Gasteiger partial charge in [-0.25, -0.2) is 0 Å². The second kappa shape index (κ2) is 11.6. The number of rotatable bonds is 7. The van der Waals surface area contributed by atoms with Crippen LogP contribution in [-0.2, 0) is 42.9 Å². The molecule has 10 nitrogen and oxygen atoms in total. The Morgan fingerprint density at radius 1 is 0.897 bits per heavy atom. The third-order valence-corrected chi connectivity index (χ3v) is 5.32. The van der Waals surface area contributed by atoms with Crippen LogP contribution >= 0.6 is 11.8 Å². The summed E-state index contributed by atoms with van der Waals surface area (Å²) in [6, 6.07) is -0.721. The zero-order chi connectivity index (χ0) is 22.1. The summed E-state index contributed by atoms with van der Waals surface area (Å²) in [6.45, 7) is 6.32. The van der Waals surface area contributed by atoms with Gasteiger partial charge in [0.2, 0.25) is 5.91 Å². The van der Waals surface area contributed by atoms with Gasteiger partial charge in [0, 0.05) is 40.5 Å². The van der Waals surface area contributed by atoms with Crippen molar-refractivity contribution in [2.45, 2.75) is 76.4 Å². The topological polar surface area (TPSA) is 134 Å². The number of carbonyl (C=O) groups is 5. The maximum absolute atomic E-state index is 12.0. The number of nitrogens with one attached hydrogen (secondary N) is 1. The number of hydrogen-bond acceptors (Lipinski definition) is 10. The quantitative estimate of drug-likeness (QED) is 0.451. The van der Waals surface area contributed by atoms with E-state index >= 15 is 0 Å². The lowest BCUT2D eigenvalue weighted by Crippen LogP contribution is -2.46. The van der Waals surface area contributed by atoms with Gasteiger partial charge in [0.1, 0.15) is 12.7 Å². The SMILES string of the molecule is CCC(=O)NC1CC(OC(C)=O)C(OC(C)=O)C(COC(C)=O)SC1OC(C)=O. The molecular weight excluding hydrogens is 406 g/mol. The molecule has 1 N–H and O–H groups in total.